The summed E-state index contributed by atoms with van der Waals surface area (Å²) in [5, 5.41) is 5.80. The average Bonchev–Trinajstić information content (AvgIpc) is 2.73. The molecule has 4 rings (SSSR count). The van der Waals surface area contributed by atoms with Gasteiger partial charge in [-0.3, -0.25) is 14.4 Å². The summed E-state index contributed by atoms with van der Waals surface area (Å²) in [4.78, 5) is 38.4. The number of hydrogen-bond acceptors (Lipinski definition) is 3. The molecule has 0 unspecified atom stereocenters. The first kappa shape index (κ1) is 19.1. The van der Waals surface area contributed by atoms with Crippen LogP contribution in [0.5, 0.6) is 0 Å². The van der Waals surface area contributed by atoms with Gasteiger partial charge in [0.1, 0.15) is 0 Å². The molecule has 2 aliphatic rings. The molecule has 0 bridgehead atoms. The number of allylic oxidation sites excluding steroid dienone is 1. The maximum Gasteiger partial charge on any atom is 0.232 e. The fourth-order valence-electron chi connectivity index (χ4n) is 4.32. The third-order valence-electron chi connectivity index (χ3n) is 5.78. The van der Waals surface area contributed by atoms with Crippen molar-refractivity contribution in [3.63, 3.8) is 0 Å². The van der Waals surface area contributed by atoms with Gasteiger partial charge in [-0.2, -0.15) is 0 Å². The van der Waals surface area contributed by atoms with Crippen LogP contribution >= 0.6 is 0 Å². The normalized spacial score (nSPS) is 21.4. The minimum atomic E-state index is -0.743. The molecule has 0 aromatic heterocycles. The number of para-hydroxylation sites is 1. The van der Waals surface area contributed by atoms with E-state index in [0.717, 1.165) is 23.2 Å². The topological polar surface area (TPSA) is 75.3 Å². The summed E-state index contributed by atoms with van der Waals surface area (Å²) < 4.78 is 0. The predicted molar refractivity (Wildman–Crippen MR) is 111 cm³/mol. The highest BCUT2D eigenvalue weighted by Crippen LogP contribution is 2.39. The molecule has 2 atom stereocenters. The first-order valence-electron chi connectivity index (χ1n) is 10.1. The highest BCUT2D eigenvalue weighted by atomic mass is 16.2. The summed E-state index contributed by atoms with van der Waals surface area (Å²) in [5.41, 5.74) is 3.91. The van der Waals surface area contributed by atoms with Crippen LogP contribution in [0.15, 0.2) is 65.9 Å². The third kappa shape index (κ3) is 3.86. The number of benzene rings is 2. The zero-order valence-electron chi connectivity index (χ0n) is 16.4. The minimum absolute atomic E-state index is 0.000697. The van der Waals surface area contributed by atoms with Gasteiger partial charge in [-0.15, -0.1) is 0 Å². The Kier molecular flexibility index (Phi) is 5.30. The molecule has 0 radical (unpaired) electrons. The van der Waals surface area contributed by atoms with Crippen LogP contribution in [0, 0.1) is 5.92 Å². The Hall–Kier alpha value is -3.21. The van der Waals surface area contributed by atoms with Crippen LogP contribution in [0.25, 0.3) is 0 Å². The predicted octanol–water partition coefficient (Wildman–Crippen LogP) is 3.72. The van der Waals surface area contributed by atoms with Crippen molar-refractivity contribution in [3.05, 3.63) is 77.0 Å². The molecule has 5 nitrogen and oxygen atoms in total. The molecule has 2 N–H and O–H groups in total. The largest absolute Gasteiger partial charge is 0.329 e. The number of anilines is 1. The van der Waals surface area contributed by atoms with Gasteiger partial charge in [0.15, 0.2) is 5.78 Å². The van der Waals surface area contributed by atoms with Crippen LogP contribution in [0.3, 0.4) is 0 Å². The van der Waals surface area contributed by atoms with Gasteiger partial charge < -0.3 is 10.6 Å². The van der Waals surface area contributed by atoms with E-state index in [0.29, 0.717) is 24.1 Å². The fraction of sp³-hybridized carbons (Fsp3) is 0.292. The number of carbonyl (C=O) groups excluding carboxylic acids is 3. The third-order valence-corrected chi connectivity index (χ3v) is 5.78. The van der Waals surface area contributed by atoms with Crippen LogP contribution < -0.4 is 10.6 Å². The Labute approximate surface area is 170 Å². The van der Waals surface area contributed by atoms with Crippen molar-refractivity contribution >= 4 is 23.3 Å². The summed E-state index contributed by atoms with van der Waals surface area (Å²) in [6.07, 6.45) is 1.70. The molecule has 0 spiro atoms. The average molecular weight is 388 g/mol. The van der Waals surface area contributed by atoms with E-state index < -0.39 is 5.92 Å². The number of amides is 2. The second-order valence-corrected chi connectivity index (χ2v) is 7.64. The summed E-state index contributed by atoms with van der Waals surface area (Å²) in [7, 11) is 0. The Bertz CT molecular complexity index is 994. The molecule has 2 aromatic carbocycles. The number of aryl methyl sites for hydroxylation is 1. The van der Waals surface area contributed by atoms with E-state index in [9.17, 15) is 14.4 Å². The molecule has 29 heavy (non-hydrogen) atoms. The highest BCUT2D eigenvalue weighted by molar-refractivity contribution is 6.09. The molecule has 5 heteroatoms. The van der Waals surface area contributed by atoms with E-state index in [1.807, 2.05) is 61.5 Å². The summed E-state index contributed by atoms with van der Waals surface area (Å²) in [6.45, 7) is 2.02. The van der Waals surface area contributed by atoms with E-state index >= 15 is 0 Å². The van der Waals surface area contributed by atoms with Crippen LogP contribution in [-0.4, -0.2) is 17.6 Å². The van der Waals surface area contributed by atoms with Gasteiger partial charge in [0, 0.05) is 29.8 Å². The zero-order chi connectivity index (χ0) is 20.4. The fourth-order valence-corrected chi connectivity index (χ4v) is 4.32. The van der Waals surface area contributed by atoms with Crippen molar-refractivity contribution in [3.8, 4) is 0 Å². The number of ketones is 1. The van der Waals surface area contributed by atoms with Gasteiger partial charge in [0.05, 0.1) is 5.92 Å². The smallest absolute Gasteiger partial charge is 0.232 e. The maximum absolute atomic E-state index is 13.1. The Morgan fingerprint density at radius 2 is 1.72 bits per heavy atom. The quantitative estimate of drug-likeness (QED) is 0.838. The SMILES string of the molecule is CCc1ccccc1NC(=O)[C@H]1CC(=O)NC2=C1C(=O)C[C@@H](c1ccccc1)C2. The summed E-state index contributed by atoms with van der Waals surface area (Å²) in [6, 6.07) is 17.4. The van der Waals surface area contributed by atoms with Crippen molar-refractivity contribution in [2.24, 2.45) is 5.92 Å². The number of Topliss-reactive ketones (excluding diaryl/α,β-unsaturated/α-hetero) is 1. The lowest BCUT2D eigenvalue weighted by molar-refractivity contribution is -0.129. The first-order valence-corrected chi connectivity index (χ1v) is 10.1. The molecule has 1 aliphatic heterocycles. The lowest BCUT2D eigenvalue weighted by Crippen LogP contribution is -2.43. The minimum Gasteiger partial charge on any atom is -0.329 e. The van der Waals surface area contributed by atoms with E-state index in [-0.39, 0.29) is 29.9 Å². The first-order chi connectivity index (χ1) is 14.1. The van der Waals surface area contributed by atoms with E-state index in [4.69, 9.17) is 0 Å². The van der Waals surface area contributed by atoms with Gasteiger partial charge in [0.2, 0.25) is 11.8 Å². The Morgan fingerprint density at radius 1 is 1.00 bits per heavy atom. The maximum atomic E-state index is 13.1. The van der Waals surface area contributed by atoms with Crippen molar-refractivity contribution in [1.29, 1.82) is 0 Å². The second kappa shape index (κ2) is 8.03. The van der Waals surface area contributed by atoms with Crippen LogP contribution in [0.1, 0.15) is 43.2 Å². The van der Waals surface area contributed by atoms with Crippen LogP contribution in [0.4, 0.5) is 5.69 Å². The van der Waals surface area contributed by atoms with Crippen LogP contribution in [0.2, 0.25) is 0 Å². The number of rotatable bonds is 4. The molecular formula is C24H24N2O3. The Morgan fingerprint density at radius 3 is 2.48 bits per heavy atom. The van der Waals surface area contributed by atoms with Gasteiger partial charge in [-0.05, 0) is 36.0 Å². The molecule has 2 aromatic rings. The van der Waals surface area contributed by atoms with Crippen molar-refractivity contribution in [2.75, 3.05) is 5.32 Å². The standard InChI is InChI=1S/C24H24N2O3/c1-2-15-8-6-7-11-19(15)26-24(29)18-14-22(28)25-20-12-17(13-21(27)23(18)20)16-9-4-3-5-10-16/h3-11,17-18H,2,12-14H2,1H3,(H,25,28)(H,26,29)/t17-,18-/m0/s1. The van der Waals surface area contributed by atoms with Crippen molar-refractivity contribution < 1.29 is 14.4 Å². The van der Waals surface area contributed by atoms with Gasteiger partial charge in [0.25, 0.3) is 0 Å². The van der Waals surface area contributed by atoms with Crippen LogP contribution in [-0.2, 0) is 20.8 Å². The molecule has 1 aliphatic carbocycles. The van der Waals surface area contributed by atoms with E-state index in [1.54, 1.807) is 0 Å². The van der Waals surface area contributed by atoms with Crippen molar-refractivity contribution in [1.82, 2.24) is 5.32 Å². The molecule has 0 saturated carbocycles. The Balaban J connectivity index is 1.62. The second-order valence-electron chi connectivity index (χ2n) is 7.64. The zero-order valence-corrected chi connectivity index (χ0v) is 16.4. The highest BCUT2D eigenvalue weighted by Gasteiger charge is 2.40. The van der Waals surface area contributed by atoms with Gasteiger partial charge >= 0.3 is 0 Å². The number of nitrogens with one attached hydrogen (secondary N) is 2. The van der Waals surface area contributed by atoms with Gasteiger partial charge in [-0.1, -0.05) is 55.5 Å². The van der Waals surface area contributed by atoms with E-state index in [2.05, 4.69) is 10.6 Å². The molecule has 1 heterocycles. The van der Waals surface area contributed by atoms with Crippen molar-refractivity contribution in [2.45, 2.75) is 38.5 Å². The monoisotopic (exact) mass is 388 g/mol. The van der Waals surface area contributed by atoms with Gasteiger partial charge in [-0.25, -0.2) is 0 Å². The number of hydrogen-bond donors (Lipinski definition) is 2. The molecule has 0 saturated heterocycles. The summed E-state index contributed by atoms with van der Waals surface area (Å²) >= 11 is 0. The molecule has 0 fully saturated rings. The lowest BCUT2D eigenvalue weighted by atomic mass is 9.75. The lowest BCUT2D eigenvalue weighted by Gasteiger charge is -2.33. The molecular weight excluding hydrogens is 364 g/mol. The molecule has 2 amide bonds. The van der Waals surface area contributed by atoms with E-state index in [1.165, 1.54) is 0 Å². The summed E-state index contributed by atoms with van der Waals surface area (Å²) in [5.74, 6) is -1.28. The molecule has 148 valence electrons. The number of carbonyl (C=O) groups is 3.